The molecule has 4 nitrogen and oxygen atoms in total. The molecule has 142 valence electrons. The van der Waals surface area contributed by atoms with Crippen LogP contribution >= 0.6 is 7.92 Å². The van der Waals surface area contributed by atoms with E-state index in [-0.39, 0.29) is 28.0 Å². The molecule has 1 rings (SSSR count). The van der Waals surface area contributed by atoms with E-state index in [2.05, 4.69) is 20.8 Å². The van der Waals surface area contributed by atoms with Crippen LogP contribution in [0.5, 0.6) is 0 Å². The molecule has 4 atom stereocenters. The van der Waals surface area contributed by atoms with E-state index in [9.17, 15) is 10.2 Å². The van der Waals surface area contributed by atoms with Crippen LogP contribution in [0.2, 0.25) is 0 Å². The summed E-state index contributed by atoms with van der Waals surface area (Å²) in [5, 5.41) is 21.7. The molecule has 0 bridgehead atoms. The molecule has 0 N–H and O–H groups in total. The molecular formula is C16H32AuO4PS. The van der Waals surface area contributed by atoms with E-state index in [1.807, 2.05) is 20.8 Å². The van der Waals surface area contributed by atoms with Crippen LogP contribution in [0.1, 0.15) is 48.0 Å². The molecule has 1 aliphatic heterocycles. The molecule has 0 spiro atoms. The Labute approximate surface area is 164 Å². The van der Waals surface area contributed by atoms with Crippen molar-refractivity contribution in [2.24, 2.45) is 0 Å². The number of rotatable bonds is 5. The Hall–Kier alpha value is 1.36. The maximum atomic E-state index is 11.5. The van der Waals surface area contributed by atoms with Crippen molar-refractivity contribution in [3.8, 4) is 0 Å². The predicted octanol–water partition coefficient (Wildman–Crippen LogP) is 1.45. The van der Waals surface area contributed by atoms with Gasteiger partial charge >= 0.3 is 22.4 Å². The smallest absolute Gasteiger partial charge is 0.853 e. The van der Waals surface area contributed by atoms with Crippen molar-refractivity contribution in [1.29, 1.82) is 0 Å². The SMILES string of the molecule is CC(C)(C)O[C@H]1C[C@@H]([S-])[C@H]([O-])[C@@H](C[O-])O1.CCP(CC)CC.[Au+3]. The Kier molecular flexibility index (Phi) is 15.7. The van der Waals surface area contributed by atoms with Gasteiger partial charge in [-0.2, -0.15) is 5.25 Å². The molecular weight excluding hydrogens is 516 g/mol. The molecule has 0 amide bonds. The fourth-order valence-electron chi connectivity index (χ4n) is 2.17. The minimum atomic E-state index is -1.10. The third-order valence-electron chi connectivity index (χ3n) is 3.48. The zero-order chi connectivity index (χ0) is 17.3. The fourth-order valence-corrected chi connectivity index (χ4v) is 3.84. The maximum absolute atomic E-state index is 11.5. The van der Waals surface area contributed by atoms with Crippen LogP contribution in [0.25, 0.3) is 0 Å². The van der Waals surface area contributed by atoms with E-state index in [0.29, 0.717) is 14.3 Å². The van der Waals surface area contributed by atoms with Gasteiger partial charge in [-0.15, -0.1) is 20.6 Å². The van der Waals surface area contributed by atoms with Crippen LogP contribution in [0.4, 0.5) is 0 Å². The quantitative estimate of drug-likeness (QED) is 0.296. The summed E-state index contributed by atoms with van der Waals surface area (Å²) in [6.45, 7) is 12.0. The molecule has 0 aromatic rings. The summed E-state index contributed by atoms with van der Waals surface area (Å²) in [4.78, 5) is 0. The standard InChI is InChI=1S/C10H18O4S.C6H15P.Au/c1-10(2,3)14-8-4-7(15)9(12)6(5-11)13-8;1-4-7(5-2)6-3;/h6-9,15H,4-5H2,1-3H3;4-6H2,1-3H3;/q-2;;+3/p-1/t6-,7-,8+,9-;;/m1../s1. The van der Waals surface area contributed by atoms with E-state index in [4.69, 9.17) is 22.1 Å². The summed E-state index contributed by atoms with van der Waals surface area (Å²) in [6, 6.07) is 0. The van der Waals surface area contributed by atoms with Gasteiger partial charge < -0.3 is 32.3 Å². The molecule has 7 heteroatoms. The Morgan fingerprint density at radius 2 is 1.65 bits per heavy atom. The molecule has 0 aromatic heterocycles. The van der Waals surface area contributed by atoms with Crippen molar-refractivity contribution in [1.82, 2.24) is 0 Å². The molecule has 0 aliphatic carbocycles. The van der Waals surface area contributed by atoms with E-state index in [0.717, 1.165) is 0 Å². The molecule has 0 aromatic carbocycles. The van der Waals surface area contributed by atoms with E-state index in [1.165, 1.54) is 18.5 Å². The average molecular weight is 548 g/mol. The topological polar surface area (TPSA) is 64.6 Å². The van der Waals surface area contributed by atoms with Crippen LogP contribution < -0.4 is 10.2 Å². The third kappa shape index (κ3) is 11.6. The van der Waals surface area contributed by atoms with Crippen LogP contribution in [0.15, 0.2) is 0 Å². The molecule has 0 unspecified atom stereocenters. The van der Waals surface area contributed by atoms with Gasteiger partial charge in [0.2, 0.25) is 0 Å². The summed E-state index contributed by atoms with van der Waals surface area (Å²) in [5.41, 5.74) is -0.358. The predicted molar refractivity (Wildman–Crippen MR) is 92.5 cm³/mol. The van der Waals surface area contributed by atoms with E-state index in [1.54, 1.807) is 0 Å². The second kappa shape index (κ2) is 13.5. The van der Waals surface area contributed by atoms with Gasteiger partial charge in [-0.1, -0.05) is 20.8 Å². The van der Waals surface area contributed by atoms with Gasteiger partial charge in [-0.25, -0.2) is 0 Å². The molecule has 0 saturated carbocycles. The number of ether oxygens (including phenoxy) is 2. The first kappa shape index (κ1) is 26.6. The van der Waals surface area contributed by atoms with Crippen molar-refractivity contribution >= 4 is 20.6 Å². The number of hydrogen-bond donors (Lipinski definition) is 0. The van der Waals surface area contributed by atoms with E-state index < -0.39 is 30.4 Å². The summed E-state index contributed by atoms with van der Waals surface area (Å²) < 4.78 is 10.8. The van der Waals surface area contributed by atoms with Crippen molar-refractivity contribution in [3.05, 3.63) is 0 Å². The minimum absolute atomic E-state index is 0. The van der Waals surface area contributed by atoms with Gasteiger partial charge in [-0.3, -0.25) is 0 Å². The summed E-state index contributed by atoms with van der Waals surface area (Å²) in [7, 11) is 0.446. The van der Waals surface area contributed by atoms with Crippen molar-refractivity contribution in [3.63, 3.8) is 0 Å². The van der Waals surface area contributed by atoms with Crippen molar-refractivity contribution in [2.75, 3.05) is 25.1 Å². The van der Waals surface area contributed by atoms with Gasteiger partial charge in [0.15, 0.2) is 6.29 Å². The molecule has 23 heavy (non-hydrogen) atoms. The third-order valence-corrected chi connectivity index (χ3v) is 6.62. The molecule has 0 radical (unpaired) electrons. The molecule has 1 fully saturated rings. The Morgan fingerprint density at radius 1 is 1.17 bits per heavy atom. The average Bonchev–Trinajstić information content (AvgIpc) is 2.43. The largest absolute Gasteiger partial charge is 3.00 e. The van der Waals surface area contributed by atoms with Crippen LogP contribution in [-0.4, -0.2) is 54.4 Å². The van der Waals surface area contributed by atoms with Crippen LogP contribution in [0, 0.1) is 0 Å². The Morgan fingerprint density at radius 3 is 1.96 bits per heavy atom. The second-order valence-corrected chi connectivity index (χ2v) is 10.2. The van der Waals surface area contributed by atoms with Crippen molar-refractivity contribution in [2.45, 2.75) is 77.3 Å². The van der Waals surface area contributed by atoms with Gasteiger partial charge in [0.25, 0.3) is 0 Å². The molecule has 1 heterocycles. The zero-order valence-electron chi connectivity index (χ0n) is 15.1. The first-order chi connectivity index (χ1) is 10.2. The normalized spacial score (nSPS) is 27.9. The van der Waals surface area contributed by atoms with Crippen LogP contribution in [-0.2, 0) is 44.5 Å². The van der Waals surface area contributed by atoms with Crippen molar-refractivity contribution < 1.29 is 42.1 Å². The fraction of sp³-hybridized carbons (Fsp3) is 1.00. The first-order valence-electron chi connectivity index (χ1n) is 8.13. The maximum Gasteiger partial charge on any atom is 3.00 e. The number of hydrogen-bond acceptors (Lipinski definition) is 5. The summed E-state index contributed by atoms with van der Waals surface area (Å²) >= 11 is 5.01. The second-order valence-electron chi connectivity index (χ2n) is 6.36. The van der Waals surface area contributed by atoms with Gasteiger partial charge in [0, 0.05) is 6.10 Å². The van der Waals surface area contributed by atoms with Crippen LogP contribution in [0.3, 0.4) is 0 Å². The first-order valence-corrected chi connectivity index (χ1v) is 10.5. The van der Waals surface area contributed by atoms with Gasteiger partial charge in [0.1, 0.15) is 0 Å². The van der Waals surface area contributed by atoms with E-state index >= 15 is 0 Å². The molecule has 1 aliphatic rings. The summed E-state index contributed by atoms with van der Waals surface area (Å²) in [6.07, 6.45) is 2.17. The van der Waals surface area contributed by atoms with Gasteiger partial charge in [0.05, 0.1) is 5.60 Å². The Balaban J connectivity index is 0. The minimum Gasteiger partial charge on any atom is -0.853 e. The zero-order valence-corrected chi connectivity index (χ0v) is 19.0. The molecule has 1 saturated heterocycles. The Bertz CT molecular complexity index is 282. The monoisotopic (exact) mass is 548 g/mol. The summed E-state index contributed by atoms with van der Waals surface area (Å²) in [5.74, 6) is 0. The van der Waals surface area contributed by atoms with Gasteiger partial charge in [-0.05, 0) is 45.7 Å².